The summed E-state index contributed by atoms with van der Waals surface area (Å²) in [5.41, 5.74) is 3.91. The Balaban J connectivity index is 1.77. The number of hydrogen-bond acceptors (Lipinski definition) is 4. The number of pyridine rings is 1. The first-order valence-corrected chi connectivity index (χ1v) is 7.78. The molecule has 0 spiro atoms. The summed E-state index contributed by atoms with van der Waals surface area (Å²) >= 11 is 0. The largest absolute Gasteiger partial charge is 0.367 e. The lowest BCUT2D eigenvalue weighted by atomic mass is 10.0. The predicted octanol–water partition coefficient (Wildman–Crippen LogP) is 2.03. The predicted molar refractivity (Wildman–Crippen MR) is 78.9 cm³/mol. The first-order chi connectivity index (χ1) is 9.65. The molecular formula is C16H23N3O. The smallest absolute Gasteiger partial charge is 0.132 e. The Morgan fingerprint density at radius 1 is 1.35 bits per heavy atom. The third-order valence-electron chi connectivity index (χ3n) is 4.87. The highest BCUT2D eigenvalue weighted by Crippen LogP contribution is 2.41. The Kier molecular flexibility index (Phi) is 2.79. The molecule has 20 heavy (non-hydrogen) atoms. The Labute approximate surface area is 120 Å². The van der Waals surface area contributed by atoms with Crippen LogP contribution in [0.1, 0.15) is 43.7 Å². The molecule has 3 aliphatic heterocycles. The van der Waals surface area contributed by atoms with E-state index < -0.39 is 0 Å². The first-order valence-electron chi connectivity index (χ1n) is 7.78. The topological polar surface area (TPSA) is 37.4 Å². The fourth-order valence-electron chi connectivity index (χ4n) is 3.93. The average Bonchev–Trinajstić information content (AvgIpc) is 2.96. The molecule has 108 valence electrons. The molecule has 0 unspecified atom stereocenters. The summed E-state index contributed by atoms with van der Waals surface area (Å²) in [6, 6.07) is 3.47. The SMILES string of the molecule is CC(C)[C@@H]1OCc2cc3c(nc21)N1[C@@H](CNC[C@@H]1C)C3. The molecule has 1 saturated heterocycles. The molecule has 4 rings (SSSR count). The van der Waals surface area contributed by atoms with Crippen molar-refractivity contribution >= 4 is 5.82 Å². The Hall–Kier alpha value is -1.13. The van der Waals surface area contributed by atoms with Crippen LogP contribution in [0, 0.1) is 5.92 Å². The molecule has 3 atom stereocenters. The van der Waals surface area contributed by atoms with Gasteiger partial charge in [0, 0.05) is 30.7 Å². The summed E-state index contributed by atoms with van der Waals surface area (Å²) in [6.07, 6.45) is 1.30. The molecule has 0 radical (unpaired) electrons. The molecule has 0 saturated carbocycles. The Bertz CT molecular complexity index is 543. The van der Waals surface area contributed by atoms with Crippen LogP contribution >= 0.6 is 0 Å². The van der Waals surface area contributed by atoms with E-state index in [2.05, 4.69) is 37.1 Å². The summed E-state index contributed by atoms with van der Waals surface area (Å²) in [6.45, 7) is 9.58. The normalized spacial score (nSPS) is 31.4. The molecule has 1 aromatic rings. The van der Waals surface area contributed by atoms with Gasteiger partial charge in [0.1, 0.15) is 11.9 Å². The van der Waals surface area contributed by atoms with Crippen LogP contribution in [0.2, 0.25) is 0 Å². The van der Waals surface area contributed by atoms with Gasteiger partial charge in [-0.15, -0.1) is 0 Å². The second-order valence-corrected chi connectivity index (χ2v) is 6.76. The third kappa shape index (κ3) is 1.71. The molecule has 1 N–H and O–H groups in total. The second kappa shape index (κ2) is 4.43. The monoisotopic (exact) mass is 273 g/mol. The molecule has 0 bridgehead atoms. The van der Waals surface area contributed by atoms with Crippen molar-refractivity contribution in [2.24, 2.45) is 5.92 Å². The van der Waals surface area contributed by atoms with Crippen molar-refractivity contribution in [3.63, 3.8) is 0 Å². The number of ether oxygens (including phenoxy) is 1. The molecule has 0 amide bonds. The summed E-state index contributed by atoms with van der Waals surface area (Å²) in [7, 11) is 0. The van der Waals surface area contributed by atoms with Gasteiger partial charge < -0.3 is 15.0 Å². The minimum Gasteiger partial charge on any atom is -0.367 e. The van der Waals surface area contributed by atoms with E-state index in [1.807, 2.05) is 0 Å². The summed E-state index contributed by atoms with van der Waals surface area (Å²) in [5.74, 6) is 1.71. The van der Waals surface area contributed by atoms with E-state index in [1.54, 1.807) is 0 Å². The highest BCUT2D eigenvalue weighted by Gasteiger charge is 2.39. The van der Waals surface area contributed by atoms with E-state index in [4.69, 9.17) is 9.72 Å². The number of anilines is 1. The number of hydrogen-bond donors (Lipinski definition) is 1. The number of piperazine rings is 1. The average molecular weight is 273 g/mol. The lowest BCUT2D eigenvalue weighted by Crippen LogP contribution is -2.55. The maximum Gasteiger partial charge on any atom is 0.132 e. The van der Waals surface area contributed by atoms with Gasteiger partial charge in [0.2, 0.25) is 0 Å². The summed E-state index contributed by atoms with van der Waals surface area (Å²) in [4.78, 5) is 7.57. The van der Waals surface area contributed by atoms with Gasteiger partial charge in [-0.2, -0.15) is 0 Å². The van der Waals surface area contributed by atoms with Gasteiger partial charge in [-0.05, 0) is 30.9 Å². The maximum atomic E-state index is 5.93. The summed E-state index contributed by atoms with van der Waals surface area (Å²) < 4.78 is 5.93. The zero-order valence-electron chi connectivity index (χ0n) is 12.5. The molecular weight excluding hydrogens is 250 g/mol. The molecule has 4 heteroatoms. The minimum absolute atomic E-state index is 0.174. The fraction of sp³-hybridized carbons (Fsp3) is 0.688. The van der Waals surface area contributed by atoms with E-state index in [1.165, 1.54) is 22.6 Å². The van der Waals surface area contributed by atoms with Gasteiger partial charge in [-0.25, -0.2) is 4.98 Å². The van der Waals surface area contributed by atoms with Crippen LogP contribution in [0.3, 0.4) is 0 Å². The quantitative estimate of drug-likeness (QED) is 0.849. The summed E-state index contributed by atoms with van der Waals surface area (Å²) in [5, 5.41) is 3.53. The van der Waals surface area contributed by atoms with Crippen LogP contribution in [-0.4, -0.2) is 30.2 Å². The van der Waals surface area contributed by atoms with Crippen molar-refractivity contribution in [3.05, 3.63) is 22.9 Å². The van der Waals surface area contributed by atoms with E-state index in [-0.39, 0.29) is 6.10 Å². The molecule has 0 aliphatic carbocycles. The van der Waals surface area contributed by atoms with Crippen LogP contribution in [0.5, 0.6) is 0 Å². The molecule has 0 aromatic carbocycles. The van der Waals surface area contributed by atoms with E-state index in [9.17, 15) is 0 Å². The van der Waals surface area contributed by atoms with Crippen LogP contribution in [0.25, 0.3) is 0 Å². The standard InChI is InChI=1S/C16H23N3O/c1-9(2)15-14-12(8-20-15)4-11-5-13-7-17-6-10(3)19(13)16(11)18-14/h4,9-10,13,15,17H,5-8H2,1-3H3/t10-,13+,15-/m0/s1. The van der Waals surface area contributed by atoms with Gasteiger partial charge in [-0.3, -0.25) is 0 Å². The first kappa shape index (κ1) is 12.6. The Morgan fingerprint density at radius 2 is 2.20 bits per heavy atom. The number of nitrogens with one attached hydrogen (secondary N) is 1. The van der Waals surface area contributed by atoms with E-state index in [0.29, 0.717) is 18.0 Å². The number of fused-ring (bicyclic) bond motifs is 4. The molecule has 1 fully saturated rings. The lowest BCUT2D eigenvalue weighted by molar-refractivity contribution is 0.0322. The second-order valence-electron chi connectivity index (χ2n) is 6.76. The van der Waals surface area contributed by atoms with Crippen LogP contribution in [-0.2, 0) is 17.8 Å². The molecule has 4 nitrogen and oxygen atoms in total. The highest BCUT2D eigenvalue weighted by atomic mass is 16.5. The maximum absolute atomic E-state index is 5.93. The number of rotatable bonds is 1. The van der Waals surface area contributed by atoms with Gasteiger partial charge in [0.15, 0.2) is 0 Å². The lowest BCUT2D eigenvalue weighted by Gasteiger charge is -2.37. The number of nitrogens with zero attached hydrogens (tertiary/aromatic N) is 2. The molecule has 1 aromatic heterocycles. The zero-order valence-corrected chi connectivity index (χ0v) is 12.5. The van der Waals surface area contributed by atoms with Crippen LogP contribution in [0.4, 0.5) is 5.82 Å². The highest BCUT2D eigenvalue weighted by molar-refractivity contribution is 5.58. The van der Waals surface area contributed by atoms with Gasteiger partial charge in [-0.1, -0.05) is 13.8 Å². The number of aromatic nitrogens is 1. The van der Waals surface area contributed by atoms with Crippen molar-refractivity contribution in [2.45, 2.75) is 52.0 Å². The van der Waals surface area contributed by atoms with Crippen molar-refractivity contribution in [2.75, 3.05) is 18.0 Å². The molecule has 3 aliphatic rings. The van der Waals surface area contributed by atoms with Crippen molar-refractivity contribution in [3.8, 4) is 0 Å². The van der Waals surface area contributed by atoms with Crippen molar-refractivity contribution in [1.82, 2.24) is 10.3 Å². The third-order valence-corrected chi connectivity index (χ3v) is 4.87. The Morgan fingerprint density at radius 3 is 3.00 bits per heavy atom. The van der Waals surface area contributed by atoms with Crippen LogP contribution in [0.15, 0.2) is 6.07 Å². The van der Waals surface area contributed by atoms with Crippen molar-refractivity contribution < 1.29 is 4.74 Å². The zero-order chi connectivity index (χ0) is 13.9. The minimum atomic E-state index is 0.174. The van der Waals surface area contributed by atoms with E-state index in [0.717, 1.165) is 26.1 Å². The van der Waals surface area contributed by atoms with Gasteiger partial charge >= 0.3 is 0 Å². The van der Waals surface area contributed by atoms with Crippen LogP contribution < -0.4 is 10.2 Å². The fourth-order valence-corrected chi connectivity index (χ4v) is 3.93. The van der Waals surface area contributed by atoms with E-state index >= 15 is 0 Å². The molecule has 4 heterocycles. The van der Waals surface area contributed by atoms with Gasteiger partial charge in [0.05, 0.1) is 12.3 Å². The van der Waals surface area contributed by atoms with Gasteiger partial charge in [0.25, 0.3) is 0 Å². The van der Waals surface area contributed by atoms with Crippen molar-refractivity contribution in [1.29, 1.82) is 0 Å².